The van der Waals surface area contributed by atoms with Gasteiger partial charge in [-0.1, -0.05) is 13.8 Å². The summed E-state index contributed by atoms with van der Waals surface area (Å²) < 4.78 is 0. The van der Waals surface area contributed by atoms with Crippen molar-refractivity contribution in [3.05, 3.63) is 32.2 Å². The molecule has 0 bridgehead atoms. The van der Waals surface area contributed by atoms with Crippen LogP contribution in [0.1, 0.15) is 47.3 Å². The van der Waals surface area contributed by atoms with Crippen LogP contribution in [0, 0.1) is 6.92 Å². The maximum Gasteiger partial charge on any atom is 0.191 e. The van der Waals surface area contributed by atoms with Gasteiger partial charge in [0, 0.05) is 54.8 Å². The summed E-state index contributed by atoms with van der Waals surface area (Å²) in [4.78, 5) is 14.9. The van der Waals surface area contributed by atoms with Crippen LogP contribution in [0.15, 0.2) is 16.6 Å². The quantitative estimate of drug-likeness (QED) is 0.332. The monoisotopic (exact) mass is 493 g/mol. The van der Waals surface area contributed by atoms with Crippen LogP contribution in [0.25, 0.3) is 0 Å². The highest BCUT2D eigenvalue weighted by molar-refractivity contribution is 14.0. The van der Waals surface area contributed by atoms with E-state index in [2.05, 4.69) is 58.7 Å². The van der Waals surface area contributed by atoms with Crippen molar-refractivity contribution in [2.24, 2.45) is 4.99 Å². The minimum absolute atomic E-state index is 0. The number of hydrogen-bond donors (Lipinski definition) is 2. The van der Waals surface area contributed by atoms with Gasteiger partial charge in [-0.2, -0.15) is 0 Å². The number of halogens is 1. The van der Waals surface area contributed by atoms with Crippen LogP contribution in [-0.4, -0.2) is 35.6 Å². The summed E-state index contributed by atoms with van der Waals surface area (Å²) in [6.45, 7) is 11.0. The molecular weight excluding hydrogens is 465 g/mol. The molecule has 2 N–H and O–H groups in total. The van der Waals surface area contributed by atoms with Gasteiger partial charge in [-0.3, -0.25) is 4.99 Å². The van der Waals surface area contributed by atoms with E-state index in [1.807, 2.05) is 6.20 Å². The van der Waals surface area contributed by atoms with Crippen LogP contribution in [-0.2, 0) is 12.8 Å². The van der Waals surface area contributed by atoms with Crippen molar-refractivity contribution in [3.8, 4) is 0 Å². The van der Waals surface area contributed by atoms with Crippen molar-refractivity contribution in [1.29, 1.82) is 0 Å². The molecule has 0 spiro atoms. The number of nitrogens with one attached hydrogen (secondary N) is 2. The van der Waals surface area contributed by atoms with Crippen LogP contribution in [0.3, 0.4) is 0 Å². The van der Waals surface area contributed by atoms with Gasteiger partial charge in [0.1, 0.15) is 0 Å². The van der Waals surface area contributed by atoms with E-state index in [0.717, 1.165) is 49.1 Å². The number of guanidine groups is 1. The molecule has 0 unspecified atom stereocenters. The third kappa shape index (κ3) is 8.00. The van der Waals surface area contributed by atoms with E-state index in [0.29, 0.717) is 5.92 Å². The molecule has 0 aliphatic heterocycles. The minimum Gasteiger partial charge on any atom is -0.357 e. The summed E-state index contributed by atoms with van der Waals surface area (Å²) in [6, 6.07) is 0. The first-order valence-electron chi connectivity index (χ1n) is 8.46. The van der Waals surface area contributed by atoms with Crippen LogP contribution < -0.4 is 10.6 Å². The van der Waals surface area contributed by atoms with Gasteiger partial charge in [0.05, 0.1) is 15.7 Å². The Balaban J connectivity index is 0.00000312. The Morgan fingerprint density at radius 1 is 1.28 bits per heavy atom. The molecule has 0 atom stereocenters. The number of thiazole rings is 2. The molecule has 2 heterocycles. The largest absolute Gasteiger partial charge is 0.357 e. The Morgan fingerprint density at radius 3 is 2.68 bits per heavy atom. The first kappa shape index (κ1) is 22.3. The highest BCUT2D eigenvalue weighted by atomic mass is 127. The molecule has 0 aromatic carbocycles. The van der Waals surface area contributed by atoms with Crippen LogP contribution in [0.2, 0.25) is 0 Å². The summed E-state index contributed by atoms with van der Waals surface area (Å²) in [6.07, 6.45) is 3.73. The van der Waals surface area contributed by atoms with Crippen molar-refractivity contribution >= 4 is 52.6 Å². The zero-order valence-electron chi connectivity index (χ0n) is 15.3. The molecule has 2 aromatic rings. The van der Waals surface area contributed by atoms with Crippen LogP contribution >= 0.6 is 46.7 Å². The van der Waals surface area contributed by atoms with Crippen molar-refractivity contribution in [2.45, 2.75) is 46.5 Å². The molecule has 0 aliphatic carbocycles. The first-order valence-corrected chi connectivity index (χ1v) is 10.2. The molecule has 140 valence electrons. The highest BCUT2D eigenvalue weighted by Crippen LogP contribution is 2.19. The lowest BCUT2D eigenvalue weighted by Crippen LogP contribution is -2.38. The topological polar surface area (TPSA) is 62.2 Å². The zero-order chi connectivity index (χ0) is 17.4. The second-order valence-corrected chi connectivity index (χ2v) is 8.09. The number of hydrogen-bond acceptors (Lipinski definition) is 5. The molecule has 0 saturated heterocycles. The Bertz CT molecular complexity index is 651. The Kier molecular flexibility index (Phi) is 10.5. The van der Waals surface area contributed by atoms with Crippen LogP contribution in [0.4, 0.5) is 0 Å². The van der Waals surface area contributed by atoms with E-state index in [-0.39, 0.29) is 24.0 Å². The van der Waals surface area contributed by atoms with Crippen molar-refractivity contribution in [2.75, 3.05) is 19.6 Å². The van der Waals surface area contributed by atoms with E-state index < -0.39 is 0 Å². The van der Waals surface area contributed by atoms with E-state index in [1.165, 1.54) is 9.88 Å². The summed E-state index contributed by atoms with van der Waals surface area (Å²) in [7, 11) is 0. The second-order valence-electron chi connectivity index (χ2n) is 5.88. The Morgan fingerprint density at radius 2 is 2.08 bits per heavy atom. The molecule has 0 saturated carbocycles. The Labute approximate surface area is 175 Å². The Hall–Kier alpha value is -0.740. The van der Waals surface area contributed by atoms with E-state index in [4.69, 9.17) is 0 Å². The van der Waals surface area contributed by atoms with Gasteiger partial charge >= 0.3 is 0 Å². The minimum atomic E-state index is 0. The number of nitrogens with zero attached hydrogens (tertiary/aromatic N) is 3. The SMILES string of the molecule is CCNC(=NCCc1ncc(C)s1)NCCc1csc(C(C)C)n1.I. The number of aryl methyl sites for hydroxylation is 1. The summed E-state index contributed by atoms with van der Waals surface area (Å²) in [5.41, 5.74) is 1.16. The van der Waals surface area contributed by atoms with Gasteiger partial charge in [0.15, 0.2) is 5.96 Å². The molecule has 25 heavy (non-hydrogen) atoms. The fraction of sp³-hybridized carbons (Fsp3) is 0.588. The van der Waals surface area contributed by atoms with Crippen LogP contribution in [0.5, 0.6) is 0 Å². The van der Waals surface area contributed by atoms with Gasteiger partial charge in [-0.05, 0) is 13.8 Å². The smallest absolute Gasteiger partial charge is 0.191 e. The molecule has 0 aliphatic rings. The number of aromatic nitrogens is 2. The van der Waals surface area contributed by atoms with Crippen molar-refractivity contribution in [1.82, 2.24) is 20.6 Å². The third-order valence-corrected chi connectivity index (χ3v) is 5.51. The highest BCUT2D eigenvalue weighted by Gasteiger charge is 2.06. The van der Waals surface area contributed by atoms with Gasteiger partial charge < -0.3 is 10.6 Å². The molecule has 2 aromatic heterocycles. The van der Waals surface area contributed by atoms with Gasteiger partial charge in [-0.25, -0.2) is 9.97 Å². The van der Waals surface area contributed by atoms with Crippen molar-refractivity contribution < 1.29 is 0 Å². The molecule has 2 rings (SSSR count). The standard InChI is InChI=1S/C17H27N5S2.HI/c1-5-18-17(20-9-7-15-21-10-13(4)24-15)19-8-6-14-11-23-16(22-14)12(2)3;/h10-12H,5-9H2,1-4H3,(H2,18,19,20);1H. The predicted molar refractivity (Wildman–Crippen MR) is 120 cm³/mol. The maximum absolute atomic E-state index is 4.67. The van der Waals surface area contributed by atoms with Gasteiger partial charge in [-0.15, -0.1) is 46.7 Å². The summed E-state index contributed by atoms with van der Waals surface area (Å²) >= 11 is 3.49. The first-order chi connectivity index (χ1) is 11.6. The number of aliphatic imine (C=N–C) groups is 1. The van der Waals surface area contributed by atoms with Crippen molar-refractivity contribution in [3.63, 3.8) is 0 Å². The van der Waals surface area contributed by atoms with E-state index >= 15 is 0 Å². The normalized spacial score (nSPS) is 11.5. The molecule has 0 fully saturated rings. The van der Waals surface area contributed by atoms with Gasteiger partial charge in [0.2, 0.25) is 0 Å². The molecule has 8 heteroatoms. The third-order valence-electron chi connectivity index (χ3n) is 3.35. The lowest BCUT2D eigenvalue weighted by atomic mass is 10.2. The molecular formula is C17H28IN5S2. The van der Waals surface area contributed by atoms with Gasteiger partial charge in [0.25, 0.3) is 0 Å². The predicted octanol–water partition coefficient (Wildman–Crippen LogP) is 3.99. The number of rotatable bonds is 8. The average Bonchev–Trinajstić information content (AvgIpc) is 3.16. The zero-order valence-corrected chi connectivity index (χ0v) is 19.3. The second kappa shape index (κ2) is 11.8. The lowest BCUT2D eigenvalue weighted by Gasteiger charge is -2.10. The molecule has 0 amide bonds. The fourth-order valence-corrected chi connectivity index (χ4v) is 3.78. The maximum atomic E-state index is 4.67. The van der Waals surface area contributed by atoms with E-state index in [9.17, 15) is 0 Å². The molecule has 5 nitrogen and oxygen atoms in total. The lowest BCUT2D eigenvalue weighted by molar-refractivity contribution is 0.778. The van der Waals surface area contributed by atoms with E-state index in [1.54, 1.807) is 22.7 Å². The average molecular weight is 493 g/mol. The summed E-state index contributed by atoms with van der Waals surface area (Å²) in [5, 5.41) is 11.2. The fourth-order valence-electron chi connectivity index (χ4n) is 2.13. The molecule has 0 radical (unpaired) electrons. The summed E-state index contributed by atoms with van der Waals surface area (Å²) in [5.74, 6) is 1.37.